The van der Waals surface area contributed by atoms with Crippen molar-refractivity contribution in [3.63, 3.8) is 0 Å². The molecular weight excluding hydrogens is 330 g/mol. The minimum absolute atomic E-state index is 0.203. The molecule has 0 aliphatic carbocycles. The van der Waals surface area contributed by atoms with Crippen molar-refractivity contribution in [2.24, 2.45) is 5.92 Å². The molecule has 0 radical (unpaired) electrons. The number of amides is 1. The van der Waals surface area contributed by atoms with Crippen molar-refractivity contribution in [1.29, 1.82) is 0 Å². The molecule has 2 aliphatic heterocycles. The summed E-state index contributed by atoms with van der Waals surface area (Å²) in [6.45, 7) is 7.06. The molecule has 0 spiro atoms. The second kappa shape index (κ2) is 6.55. The molecule has 0 N–H and O–H groups in total. The Bertz CT molecular complexity index is 834. The molecule has 7 heteroatoms. The molecule has 136 valence electrons. The van der Waals surface area contributed by atoms with Crippen LogP contribution in [0.15, 0.2) is 18.7 Å². The molecule has 0 atom stereocenters. The quantitative estimate of drug-likeness (QED) is 0.836. The first-order chi connectivity index (χ1) is 12.6. The SMILES string of the molecule is COc1nc(C)c(C)c2c1CN(C(=O)CC1CN(c3cncnc3)C1)C2. The average molecular weight is 353 g/mol. The summed E-state index contributed by atoms with van der Waals surface area (Å²) in [4.78, 5) is 29.5. The van der Waals surface area contributed by atoms with Gasteiger partial charge in [-0.1, -0.05) is 0 Å². The van der Waals surface area contributed by atoms with Gasteiger partial charge < -0.3 is 14.5 Å². The van der Waals surface area contributed by atoms with Crippen LogP contribution in [0.3, 0.4) is 0 Å². The van der Waals surface area contributed by atoms with Crippen LogP contribution in [0, 0.1) is 19.8 Å². The molecule has 0 aromatic carbocycles. The van der Waals surface area contributed by atoms with Gasteiger partial charge in [0.05, 0.1) is 31.7 Å². The molecule has 0 bridgehead atoms. The Balaban J connectivity index is 1.38. The lowest BCUT2D eigenvalue weighted by Gasteiger charge is -2.40. The second-order valence-corrected chi connectivity index (χ2v) is 7.11. The number of carbonyl (C=O) groups is 1. The van der Waals surface area contributed by atoms with Crippen LogP contribution in [0.5, 0.6) is 5.88 Å². The minimum atomic E-state index is 0.203. The van der Waals surface area contributed by atoms with Crippen molar-refractivity contribution in [3.05, 3.63) is 41.1 Å². The summed E-state index contributed by atoms with van der Waals surface area (Å²) in [7, 11) is 1.64. The zero-order valence-electron chi connectivity index (χ0n) is 15.4. The summed E-state index contributed by atoms with van der Waals surface area (Å²) in [5.41, 5.74) is 5.40. The van der Waals surface area contributed by atoms with Crippen molar-refractivity contribution in [2.45, 2.75) is 33.4 Å². The van der Waals surface area contributed by atoms with E-state index in [1.54, 1.807) is 7.11 Å². The standard InChI is InChI=1S/C19H23N5O2/c1-12-13(2)22-19(26-3)17-10-24(9-16(12)17)18(25)4-14-7-23(8-14)15-5-20-11-21-6-15/h5-6,11,14H,4,7-10H2,1-3H3. The third kappa shape index (κ3) is 2.87. The van der Waals surface area contributed by atoms with Crippen molar-refractivity contribution in [1.82, 2.24) is 19.9 Å². The average Bonchev–Trinajstić information content (AvgIpc) is 3.07. The molecule has 2 aromatic rings. The molecule has 2 aliphatic rings. The highest BCUT2D eigenvalue weighted by Gasteiger charge is 2.34. The van der Waals surface area contributed by atoms with Crippen LogP contribution in [0.1, 0.15) is 28.8 Å². The Labute approximate surface area is 153 Å². The van der Waals surface area contributed by atoms with E-state index < -0.39 is 0 Å². The van der Waals surface area contributed by atoms with Gasteiger partial charge in [-0.15, -0.1) is 0 Å². The number of methoxy groups -OCH3 is 1. The number of anilines is 1. The molecule has 1 fully saturated rings. The summed E-state index contributed by atoms with van der Waals surface area (Å²) < 4.78 is 5.43. The van der Waals surface area contributed by atoms with Gasteiger partial charge in [-0.05, 0) is 25.0 Å². The fourth-order valence-electron chi connectivity index (χ4n) is 3.78. The molecule has 1 amide bonds. The van der Waals surface area contributed by atoms with Gasteiger partial charge in [0.15, 0.2) is 0 Å². The first-order valence-electron chi connectivity index (χ1n) is 8.87. The number of aromatic nitrogens is 3. The smallest absolute Gasteiger partial charge is 0.223 e. The molecule has 7 nitrogen and oxygen atoms in total. The molecule has 2 aromatic heterocycles. The van der Waals surface area contributed by atoms with Gasteiger partial charge in [-0.3, -0.25) is 4.79 Å². The molecule has 1 saturated heterocycles. The zero-order chi connectivity index (χ0) is 18.3. The predicted octanol–water partition coefficient (Wildman–Crippen LogP) is 1.87. The molecular formula is C19H23N5O2. The number of aryl methyl sites for hydroxylation is 1. The Morgan fingerprint density at radius 2 is 1.88 bits per heavy atom. The van der Waals surface area contributed by atoms with Crippen molar-refractivity contribution in [2.75, 3.05) is 25.1 Å². The number of pyridine rings is 1. The van der Waals surface area contributed by atoms with Gasteiger partial charge in [-0.25, -0.2) is 15.0 Å². The lowest BCUT2D eigenvalue weighted by molar-refractivity contribution is -0.133. The fourth-order valence-corrected chi connectivity index (χ4v) is 3.78. The van der Waals surface area contributed by atoms with Crippen LogP contribution < -0.4 is 9.64 Å². The first kappa shape index (κ1) is 16.8. The van der Waals surface area contributed by atoms with E-state index in [0.29, 0.717) is 31.3 Å². The van der Waals surface area contributed by atoms with E-state index in [1.165, 1.54) is 11.9 Å². The van der Waals surface area contributed by atoms with Crippen molar-refractivity contribution in [3.8, 4) is 5.88 Å². The summed E-state index contributed by atoms with van der Waals surface area (Å²) in [6, 6.07) is 0. The van der Waals surface area contributed by atoms with Gasteiger partial charge in [0.1, 0.15) is 6.33 Å². The van der Waals surface area contributed by atoms with E-state index in [9.17, 15) is 4.79 Å². The van der Waals surface area contributed by atoms with E-state index in [1.807, 2.05) is 24.2 Å². The topological polar surface area (TPSA) is 71.5 Å². The zero-order valence-corrected chi connectivity index (χ0v) is 15.4. The summed E-state index contributed by atoms with van der Waals surface area (Å²) in [6.07, 6.45) is 5.73. The van der Waals surface area contributed by atoms with Crippen LogP contribution in [0.25, 0.3) is 0 Å². The Hall–Kier alpha value is -2.70. The molecule has 4 rings (SSSR count). The van der Waals surface area contributed by atoms with Gasteiger partial charge in [0.25, 0.3) is 0 Å². The van der Waals surface area contributed by atoms with Crippen LogP contribution in [-0.4, -0.2) is 46.0 Å². The first-order valence-corrected chi connectivity index (χ1v) is 8.87. The van der Waals surface area contributed by atoms with Crippen LogP contribution in [-0.2, 0) is 17.9 Å². The van der Waals surface area contributed by atoms with Gasteiger partial charge >= 0.3 is 0 Å². The maximum absolute atomic E-state index is 12.8. The Morgan fingerprint density at radius 3 is 2.58 bits per heavy atom. The highest BCUT2D eigenvalue weighted by Crippen LogP contribution is 2.34. The number of hydrogen-bond acceptors (Lipinski definition) is 6. The predicted molar refractivity (Wildman–Crippen MR) is 96.9 cm³/mol. The normalized spacial score (nSPS) is 16.4. The highest BCUT2D eigenvalue weighted by molar-refractivity contribution is 5.78. The largest absolute Gasteiger partial charge is 0.481 e. The maximum atomic E-state index is 12.8. The van der Waals surface area contributed by atoms with E-state index in [-0.39, 0.29) is 5.91 Å². The van der Waals surface area contributed by atoms with Crippen LogP contribution in [0.4, 0.5) is 5.69 Å². The minimum Gasteiger partial charge on any atom is -0.481 e. The van der Waals surface area contributed by atoms with E-state index in [4.69, 9.17) is 4.74 Å². The Morgan fingerprint density at radius 1 is 1.19 bits per heavy atom. The lowest BCUT2D eigenvalue weighted by Crippen LogP contribution is -2.48. The molecule has 0 saturated carbocycles. The third-order valence-corrected chi connectivity index (χ3v) is 5.46. The number of fused-ring (bicyclic) bond motifs is 1. The summed E-state index contributed by atoms with van der Waals surface area (Å²) in [5.74, 6) is 1.24. The molecule has 4 heterocycles. The van der Waals surface area contributed by atoms with Crippen molar-refractivity contribution >= 4 is 11.6 Å². The van der Waals surface area contributed by atoms with Gasteiger partial charge in [0, 0.05) is 43.2 Å². The maximum Gasteiger partial charge on any atom is 0.223 e. The number of rotatable bonds is 4. The lowest BCUT2D eigenvalue weighted by atomic mass is 9.95. The van der Waals surface area contributed by atoms with E-state index >= 15 is 0 Å². The summed E-state index contributed by atoms with van der Waals surface area (Å²) >= 11 is 0. The van der Waals surface area contributed by atoms with Gasteiger partial charge in [0.2, 0.25) is 11.8 Å². The van der Waals surface area contributed by atoms with Gasteiger partial charge in [-0.2, -0.15) is 0 Å². The molecule has 0 unspecified atom stereocenters. The molecule has 26 heavy (non-hydrogen) atoms. The van der Waals surface area contributed by atoms with Crippen LogP contribution >= 0.6 is 0 Å². The number of carbonyl (C=O) groups excluding carboxylic acids is 1. The van der Waals surface area contributed by atoms with Crippen molar-refractivity contribution < 1.29 is 9.53 Å². The van der Waals surface area contributed by atoms with E-state index in [2.05, 4.69) is 26.8 Å². The third-order valence-electron chi connectivity index (χ3n) is 5.46. The number of nitrogens with zero attached hydrogens (tertiary/aromatic N) is 5. The number of hydrogen-bond donors (Lipinski definition) is 0. The van der Waals surface area contributed by atoms with Crippen LogP contribution in [0.2, 0.25) is 0 Å². The number of ether oxygens (including phenoxy) is 1. The van der Waals surface area contributed by atoms with E-state index in [0.717, 1.165) is 35.6 Å². The monoisotopic (exact) mass is 353 g/mol. The fraction of sp³-hybridized carbons (Fsp3) is 0.474. The second-order valence-electron chi connectivity index (χ2n) is 7.11. The summed E-state index contributed by atoms with van der Waals surface area (Å²) in [5, 5.41) is 0. The highest BCUT2D eigenvalue weighted by atomic mass is 16.5. The Kier molecular flexibility index (Phi) is 4.22.